The predicted octanol–water partition coefficient (Wildman–Crippen LogP) is 1.49. The molecule has 0 unspecified atom stereocenters. The molecule has 1 N–H and O–H groups in total. The van der Waals surface area contributed by atoms with Crippen LogP contribution >= 0.6 is 0 Å². The zero-order chi connectivity index (χ0) is 15.5. The van der Waals surface area contributed by atoms with Crippen molar-refractivity contribution in [2.24, 2.45) is 0 Å². The van der Waals surface area contributed by atoms with Gasteiger partial charge in [0.05, 0.1) is 20.3 Å². The van der Waals surface area contributed by atoms with Gasteiger partial charge >= 0.3 is 0 Å². The minimum Gasteiger partial charge on any atom is -0.497 e. The van der Waals surface area contributed by atoms with Gasteiger partial charge in [0.1, 0.15) is 11.5 Å². The van der Waals surface area contributed by atoms with E-state index in [1.807, 2.05) is 6.07 Å². The Morgan fingerprint density at radius 1 is 1.14 bits per heavy atom. The Labute approximate surface area is 133 Å². The number of likely N-dealkylation sites (N-methyl/N-ethyl adjacent to an activating group) is 1. The summed E-state index contributed by atoms with van der Waals surface area (Å²) in [5.74, 6) is 1.83. The molecule has 22 heavy (non-hydrogen) atoms. The van der Waals surface area contributed by atoms with Gasteiger partial charge in [-0.1, -0.05) is 6.92 Å². The molecule has 5 nitrogen and oxygen atoms in total. The molecule has 0 amide bonds. The van der Waals surface area contributed by atoms with Crippen molar-refractivity contribution in [2.75, 3.05) is 53.5 Å². The summed E-state index contributed by atoms with van der Waals surface area (Å²) in [6.07, 6.45) is 0. The fourth-order valence-electron chi connectivity index (χ4n) is 3.62. The molecule has 1 saturated heterocycles. The van der Waals surface area contributed by atoms with E-state index in [9.17, 15) is 0 Å². The molecule has 0 aromatic heterocycles. The molecule has 2 aliphatic heterocycles. The molecule has 1 atom stereocenters. The highest BCUT2D eigenvalue weighted by molar-refractivity contribution is 5.49. The van der Waals surface area contributed by atoms with Gasteiger partial charge in [-0.15, -0.1) is 0 Å². The normalized spacial score (nSPS) is 23.1. The molecule has 1 fully saturated rings. The summed E-state index contributed by atoms with van der Waals surface area (Å²) in [6.45, 7) is 9.80. The Hall–Kier alpha value is -1.30. The van der Waals surface area contributed by atoms with Crippen LogP contribution in [0.5, 0.6) is 11.5 Å². The Morgan fingerprint density at radius 3 is 2.55 bits per heavy atom. The number of fused-ring (bicyclic) bond motifs is 1. The number of hydrogen-bond donors (Lipinski definition) is 1. The van der Waals surface area contributed by atoms with Crippen LogP contribution in [-0.4, -0.2) is 63.3 Å². The fraction of sp³-hybridized carbons (Fsp3) is 0.647. The van der Waals surface area contributed by atoms with E-state index in [1.165, 1.54) is 11.1 Å². The van der Waals surface area contributed by atoms with E-state index >= 15 is 0 Å². The van der Waals surface area contributed by atoms with E-state index in [0.717, 1.165) is 57.3 Å². The molecule has 0 bridgehead atoms. The lowest BCUT2D eigenvalue weighted by molar-refractivity contribution is 0.0935. The number of nitrogens with zero attached hydrogens (tertiary/aromatic N) is 2. The Morgan fingerprint density at radius 2 is 1.91 bits per heavy atom. The lowest BCUT2D eigenvalue weighted by Gasteiger charge is -2.41. The number of hydrogen-bond acceptors (Lipinski definition) is 5. The monoisotopic (exact) mass is 305 g/mol. The Bertz CT molecular complexity index is 496. The second-order valence-electron chi connectivity index (χ2n) is 6.02. The number of nitrogens with one attached hydrogen (secondary N) is 1. The predicted molar refractivity (Wildman–Crippen MR) is 87.7 cm³/mol. The third-order valence-corrected chi connectivity index (χ3v) is 4.94. The van der Waals surface area contributed by atoms with Crippen molar-refractivity contribution in [3.05, 3.63) is 23.3 Å². The van der Waals surface area contributed by atoms with Gasteiger partial charge in [0.25, 0.3) is 0 Å². The van der Waals surface area contributed by atoms with E-state index in [4.69, 9.17) is 9.47 Å². The zero-order valence-electron chi connectivity index (χ0n) is 13.9. The maximum Gasteiger partial charge on any atom is 0.127 e. The van der Waals surface area contributed by atoms with Crippen molar-refractivity contribution in [1.29, 1.82) is 0 Å². The van der Waals surface area contributed by atoms with E-state index in [2.05, 4.69) is 28.1 Å². The summed E-state index contributed by atoms with van der Waals surface area (Å²) >= 11 is 0. The molecular formula is C17H27N3O2. The summed E-state index contributed by atoms with van der Waals surface area (Å²) in [5.41, 5.74) is 2.64. The quantitative estimate of drug-likeness (QED) is 0.912. The van der Waals surface area contributed by atoms with Crippen molar-refractivity contribution < 1.29 is 9.47 Å². The second-order valence-corrected chi connectivity index (χ2v) is 6.02. The summed E-state index contributed by atoms with van der Waals surface area (Å²) < 4.78 is 11.1. The first-order valence-electron chi connectivity index (χ1n) is 8.18. The average molecular weight is 305 g/mol. The highest BCUT2D eigenvalue weighted by atomic mass is 16.5. The second kappa shape index (κ2) is 6.86. The molecule has 0 saturated carbocycles. The SMILES string of the molecule is CCN1CCN([C@H]2CNCc3cc(OC)cc(OC)c32)CC1. The van der Waals surface area contributed by atoms with Crippen molar-refractivity contribution >= 4 is 0 Å². The smallest absolute Gasteiger partial charge is 0.127 e. The average Bonchev–Trinajstić information content (AvgIpc) is 2.60. The molecule has 2 heterocycles. The van der Waals surface area contributed by atoms with E-state index in [0.29, 0.717) is 6.04 Å². The van der Waals surface area contributed by atoms with E-state index in [1.54, 1.807) is 14.2 Å². The molecule has 1 aromatic rings. The maximum atomic E-state index is 5.67. The topological polar surface area (TPSA) is 37.0 Å². The van der Waals surface area contributed by atoms with Crippen LogP contribution in [-0.2, 0) is 6.54 Å². The third kappa shape index (κ3) is 2.93. The molecule has 122 valence electrons. The van der Waals surface area contributed by atoms with E-state index < -0.39 is 0 Å². The number of piperazine rings is 1. The van der Waals surface area contributed by atoms with Gasteiger partial charge in [-0.2, -0.15) is 0 Å². The molecule has 5 heteroatoms. The van der Waals surface area contributed by atoms with Gasteiger partial charge in [-0.3, -0.25) is 4.90 Å². The Kier molecular flexibility index (Phi) is 4.86. The Balaban J connectivity index is 1.87. The molecule has 1 aromatic carbocycles. The molecule has 3 rings (SSSR count). The van der Waals surface area contributed by atoms with Crippen LogP contribution in [0.15, 0.2) is 12.1 Å². The van der Waals surface area contributed by atoms with Crippen molar-refractivity contribution in [3.8, 4) is 11.5 Å². The number of benzene rings is 1. The van der Waals surface area contributed by atoms with E-state index in [-0.39, 0.29) is 0 Å². The van der Waals surface area contributed by atoms with Gasteiger partial charge in [0, 0.05) is 50.9 Å². The summed E-state index contributed by atoms with van der Waals surface area (Å²) in [5, 5.41) is 3.55. The maximum absolute atomic E-state index is 5.67. The third-order valence-electron chi connectivity index (χ3n) is 4.94. The molecule has 0 spiro atoms. The summed E-state index contributed by atoms with van der Waals surface area (Å²) in [6, 6.07) is 4.54. The van der Waals surface area contributed by atoms with Crippen molar-refractivity contribution in [3.63, 3.8) is 0 Å². The van der Waals surface area contributed by atoms with Gasteiger partial charge in [0.15, 0.2) is 0 Å². The van der Waals surface area contributed by atoms with Gasteiger partial charge in [0.2, 0.25) is 0 Å². The van der Waals surface area contributed by atoms with Crippen LogP contribution < -0.4 is 14.8 Å². The first-order chi connectivity index (χ1) is 10.8. The number of ether oxygens (including phenoxy) is 2. The van der Waals surface area contributed by atoms with Gasteiger partial charge in [-0.05, 0) is 18.2 Å². The van der Waals surface area contributed by atoms with Crippen LogP contribution in [0.4, 0.5) is 0 Å². The van der Waals surface area contributed by atoms with Crippen LogP contribution in [0.3, 0.4) is 0 Å². The molecular weight excluding hydrogens is 278 g/mol. The van der Waals surface area contributed by atoms with Gasteiger partial charge in [-0.25, -0.2) is 0 Å². The van der Waals surface area contributed by atoms with Crippen molar-refractivity contribution in [2.45, 2.75) is 19.5 Å². The highest BCUT2D eigenvalue weighted by Gasteiger charge is 2.31. The molecule has 0 radical (unpaired) electrons. The largest absolute Gasteiger partial charge is 0.497 e. The van der Waals surface area contributed by atoms with Crippen molar-refractivity contribution in [1.82, 2.24) is 15.1 Å². The van der Waals surface area contributed by atoms with Crippen LogP contribution in [0.25, 0.3) is 0 Å². The highest BCUT2D eigenvalue weighted by Crippen LogP contribution is 2.38. The minimum atomic E-state index is 0.392. The molecule has 0 aliphatic carbocycles. The van der Waals surface area contributed by atoms with Crippen LogP contribution in [0.1, 0.15) is 24.1 Å². The lowest BCUT2D eigenvalue weighted by Crippen LogP contribution is -2.50. The van der Waals surface area contributed by atoms with Crippen LogP contribution in [0.2, 0.25) is 0 Å². The van der Waals surface area contributed by atoms with Crippen LogP contribution in [0, 0.1) is 0 Å². The summed E-state index contributed by atoms with van der Waals surface area (Å²) in [4.78, 5) is 5.10. The summed E-state index contributed by atoms with van der Waals surface area (Å²) in [7, 11) is 3.46. The standard InChI is InChI=1S/C17H27N3O2/c1-4-19-5-7-20(8-6-19)15-12-18-11-13-9-14(21-2)10-16(22-3)17(13)15/h9-10,15,18H,4-8,11-12H2,1-3H3/t15-/m0/s1. The number of methoxy groups -OCH3 is 2. The fourth-order valence-corrected chi connectivity index (χ4v) is 3.62. The first-order valence-corrected chi connectivity index (χ1v) is 8.18. The number of rotatable bonds is 4. The zero-order valence-corrected chi connectivity index (χ0v) is 13.9. The minimum absolute atomic E-state index is 0.392. The first kappa shape index (κ1) is 15.6. The molecule has 2 aliphatic rings. The lowest BCUT2D eigenvalue weighted by atomic mass is 9.93. The van der Waals surface area contributed by atoms with Gasteiger partial charge < -0.3 is 19.7 Å².